The van der Waals surface area contributed by atoms with E-state index in [1.54, 1.807) is 17.5 Å². The monoisotopic (exact) mass is 395 g/mol. The number of nitrogens with one attached hydrogen (secondary N) is 1. The lowest BCUT2D eigenvalue weighted by Crippen LogP contribution is -2.29. The third kappa shape index (κ3) is 5.51. The average molecular weight is 395 g/mol. The second-order valence-electron chi connectivity index (χ2n) is 4.97. The van der Waals surface area contributed by atoms with Crippen molar-refractivity contribution in [1.29, 1.82) is 0 Å². The molecule has 0 saturated heterocycles. The first-order valence-corrected chi connectivity index (χ1v) is 9.53. The number of halogens is 3. The van der Waals surface area contributed by atoms with Gasteiger partial charge in [-0.3, -0.25) is 0 Å². The Morgan fingerprint density at radius 3 is 2.40 bits per heavy atom. The molecule has 0 aliphatic carbocycles. The van der Waals surface area contributed by atoms with Crippen molar-refractivity contribution >= 4 is 21.4 Å². The average Bonchev–Trinajstić information content (AvgIpc) is 3.08. The highest BCUT2D eigenvalue weighted by Gasteiger charge is 2.30. The number of rotatable bonds is 8. The number of aliphatic hydroxyl groups excluding tert-OH is 1. The lowest BCUT2D eigenvalue weighted by molar-refractivity contribution is -0.137. The number of benzene rings is 1. The van der Waals surface area contributed by atoms with E-state index < -0.39 is 27.9 Å². The maximum absolute atomic E-state index is 12.5. The minimum absolute atomic E-state index is 0.0323. The maximum Gasteiger partial charge on any atom is 0.416 e. The Morgan fingerprint density at radius 1 is 1.20 bits per heavy atom. The molecule has 0 fully saturated rings. The zero-order chi connectivity index (χ0) is 18.5. The molecule has 5 nitrogen and oxygen atoms in total. The molecule has 1 unspecified atom stereocenters. The predicted octanol–water partition coefficient (Wildman–Crippen LogP) is 2.80. The molecule has 0 radical (unpaired) electrons. The first-order chi connectivity index (χ1) is 11.7. The van der Waals surface area contributed by atoms with Crippen LogP contribution in [0, 0.1) is 0 Å². The van der Waals surface area contributed by atoms with Crippen molar-refractivity contribution in [2.24, 2.45) is 0 Å². The van der Waals surface area contributed by atoms with E-state index in [4.69, 9.17) is 9.84 Å². The summed E-state index contributed by atoms with van der Waals surface area (Å²) in [5, 5.41) is 10.7. The molecule has 25 heavy (non-hydrogen) atoms. The van der Waals surface area contributed by atoms with Crippen LogP contribution in [-0.4, -0.2) is 33.3 Å². The molecular formula is C15H16F3NO4S2. The van der Waals surface area contributed by atoms with Crippen molar-refractivity contribution < 1.29 is 31.4 Å². The second-order valence-corrected chi connectivity index (χ2v) is 7.72. The highest BCUT2D eigenvalue weighted by atomic mass is 32.2. The van der Waals surface area contributed by atoms with Crippen molar-refractivity contribution in [3.8, 4) is 0 Å². The third-order valence-electron chi connectivity index (χ3n) is 3.22. The first-order valence-electron chi connectivity index (χ1n) is 7.17. The van der Waals surface area contributed by atoms with Gasteiger partial charge in [-0.15, -0.1) is 11.3 Å². The normalized spacial score (nSPS) is 13.8. The summed E-state index contributed by atoms with van der Waals surface area (Å²) in [6.07, 6.45) is -5.13. The molecule has 0 bridgehead atoms. The maximum atomic E-state index is 12.5. The molecule has 1 heterocycles. The number of hydrogen-bond donors (Lipinski definition) is 2. The summed E-state index contributed by atoms with van der Waals surface area (Å²) in [5.74, 6) is 0. The van der Waals surface area contributed by atoms with Crippen LogP contribution >= 0.6 is 11.3 Å². The Hall–Kier alpha value is -1.46. The smallest absolute Gasteiger partial charge is 0.394 e. The number of aliphatic hydroxyl groups is 1. The number of alkyl halides is 3. The van der Waals surface area contributed by atoms with Crippen LogP contribution in [0.25, 0.3) is 0 Å². The van der Waals surface area contributed by atoms with Crippen LogP contribution in [-0.2, 0) is 20.9 Å². The topological polar surface area (TPSA) is 75.6 Å². The zero-order valence-electron chi connectivity index (χ0n) is 12.9. The van der Waals surface area contributed by atoms with E-state index in [9.17, 15) is 21.6 Å². The van der Waals surface area contributed by atoms with E-state index in [0.717, 1.165) is 17.0 Å². The van der Waals surface area contributed by atoms with Gasteiger partial charge in [0.1, 0.15) is 6.10 Å². The minimum Gasteiger partial charge on any atom is -0.394 e. The number of hydrogen-bond acceptors (Lipinski definition) is 5. The molecule has 0 saturated carbocycles. The Kier molecular flexibility index (Phi) is 6.58. The predicted molar refractivity (Wildman–Crippen MR) is 86.7 cm³/mol. The van der Waals surface area contributed by atoms with E-state index in [-0.39, 0.29) is 24.7 Å². The van der Waals surface area contributed by atoms with E-state index in [1.165, 1.54) is 11.3 Å². The highest BCUT2D eigenvalue weighted by Crippen LogP contribution is 2.29. The summed E-state index contributed by atoms with van der Waals surface area (Å²) >= 11 is 1.37. The Morgan fingerprint density at radius 2 is 1.88 bits per heavy atom. The van der Waals surface area contributed by atoms with Gasteiger partial charge in [0.2, 0.25) is 10.0 Å². The minimum atomic E-state index is -4.53. The molecule has 2 rings (SSSR count). The highest BCUT2D eigenvalue weighted by molar-refractivity contribution is 7.89. The van der Waals surface area contributed by atoms with Gasteiger partial charge in [-0.2, -0.15) is 13.2 Å². The van der Waals surface area contributed by atoms with Gasteiger partial charge in [0.25, 0.3) is 0 Å². The standard InChI is InChI=1S/C15H16F3NO4S2/c16-15(17,18)11-3-5-12(6-4-11)25(21,22)19-10-13(23-8-7-20)14-2-1-9-24-14/h1-6,9,13,19-20H,7-8,10H2. The van der Waals surface area contributed by atoms with Gasteiger partial charge < -0.3 is 9.84 Å². The summed E-state index contributed by atoms with van der Waals surface area (Å²) in [6.45, 7) is -0.290. The van der Waals surface area contributed by atoms with E-state index in [2.05, 4.69) is 4.72 Å². The zero-order valence-corrected chi connectivity index (χ0v) is 14.5. The quantitative estimate of drug-likeness (QED) is 0.721. The van der Waals surface area contributed by atoms with Gasteiger partial charge in [0, 0.05) is 11.4 Å². The van der Waals surface area contributed by atoms with Crippen molar-refractivity contribution in [1.82, 2.24) is 4.72 Å². The van der Waals surface area contributed by atoms with Crippen molar-refractivity contribution in [3.63, 3.8) is 0 Å². The van der Waals surface area contributed by atoms with Gasteiger partial charge in [0.05, 0.1) is 23.7 Å². The van der Waals surface area contributed by atoms with E-state index in [1.807, 2.05) is 0 Å². The number of thiophene rings is 1. The first kappa shape index (κ1) is 19.9. The molecule has 1 atom stereocenters. The summed E-state index contributed by atoms with van der Waals surface area (Å²) in [4.78, 5) is 0.496. The van der Waals surface area contributed by atoms with E-state index in [0.29, 0.717) is 12.1 Å². The molecule has 1 aromatic heterocycles. The van der Waals surface area contributed by atoms with E-state index >= 15 is 0 Å². The van der Waals surface area contributed by atoms with Crippen LogP contribution in [0.1, 0.15) is 16.5 Å². The molecular weight excluding hydrogens is 379 g/mol. The molecule has 2 aromatic rings. The van der Waals surface area contributed by atoms with Gasteiger partial charge in [-0.25, -0.2) is 13.1 Å². The number of sulfonamides is 1. The summed E-state index contributed by atoms with van der Waals surface area (Å²) in [7, 11) is -3.99. The summed E-state index contributed by atoms with van der Waals surface area (Å²) in [5.41, 5.74) is -0.922. The summed E-state index contributed by atoms with van der Waals surface area (Å²) < 4.78 is 69.9. The largest absolute Gasteiger partial charge is 0.416 e. The molecule has 1 aromatic carbocycles. The SMILES string of the molecule is O=S(=O)(NCC(OCCO)c1cccs1)c1ccc(C(F)(F)F)cc1. The molecule has 10 heteroatoms. The molecule has 0 aliphatic heterocycles. The van der Waals surface area contributed by atoms with Gasteiger partial charge >= 0.3 is 6.18 Å². The Bertz CT molecular complexity index is 759. The second kappa shape index (κ2) is 8.28. The molecule has 0 aliphatic rings. The van der Waals surface area contributed by atoms with Crippen molar-refractivity contribution in [2.75, 3.05) is 19.8 Å². The molecule has 0 spiro atoms. The van der Waals surface area contributed by atoms with Crippen LogP contribution in [0.3, 0.4) is 0 Å². The van der Waals surface area contributed by atoms with Gasteiger partial charge in [-0.05, 0) is 35.7 Å². The Labute approximate surface area is 147 Å². The van der Waals surface area contributed by atoms with Crippen molar-refractivity contribution in [3.05, 3.63) is 52.2 Å². The van der Waals surface area contributed by atoms with Crippen LogP contribution < -0.4 is 4.72 Å². The van der Waals surface area contributed by atoms with Gasteiger partial charge in [0.15, 0.2) is 0 Å². The lowest BCUT2D eigenvalue weighted by atomic mass is 10.2. The fourth-order valence-corrected chi connectivity index (χ4v) is 3.81. The molecule has 138 valence electrons. The fourth-order valence-electron chi connectivity index (χ4n) is 2.00. The van der Waals surface area contributed by atoms with Crippen LogP contribution in [0.4, 0.5) is 13.2 Å². The fraction of sp³-hybridized carbons (Fsp3) is 0.333. The number of ether oxygens (including phenoxy) is 1. The van der Waals surface area contributed by atoms with Crippen molar-refractivity contribution in [2.45, 2.75) is 17.2 Å². The van der Waals surface area contributed by atoms with Crippen LogP contribution in [0.15, 0.2) is 46.7 Å². The van der Waals surface area contributed by atoms with Crippen LogP contribution in [0.2, 0.25) is 0 Å². The summed E-state index contributed by atoms with van der Waals surface area (Å²) in [6, 6.07) is 6.78. The van der Waals surface area contributed by atoms with Gasteiger partial charge in [-0.1, -0.05) is 6.07 Å². The third-order valence-corrected chi connectivity index (χ3v) is 5.63. The lowest BCUT2D eigenvalue weighted by Gasteiger charge is -2.17. The molecule has 0 amide bonds. The molecule has 2 N–H and O–H groups in total. The van der Waals surface area contributed by atoms with Crippen LogP contribution in [0.5, 0.6) is 0 Å². The Balaban J connectivity index is 2.09.